The largest absolute Gasteiger partial charge is 0.386 e. The van der Waals surface area contributed by atoms with E-state index in [1.54, 1.807) is 14.0 Å². The summed E-state index contributed by atoms with van der Waals surface area (Å²) in [5.74, 6) is 2.34. The van der Waals surface area contributed by atoms with Crippen LogP contribution in [0, 0.1) is 0 Å². The molecule has 4 heteroatoms. The van der Waals surface area contributed by atoms with Gasteiger partial charge in [-0.1, -0.05) is 0 Å². The first-order chi connectivity index (χ1) is 5.64. The number of hydrogen-bond donors (Lipinski definition) is 2. The Balaban J connectivity index is 2.10. The van der Waals surface area contributed by atoms with Gasteiger partial charge in [0.2, 0.25) is 0 Å². The van der Waals surface area contributed by atoms with E-state index in [1.165, 1.54) is 11.5 Å². The lowest BCUT2D eigenvalue weighted by atomic mass is 10.1. The lowest BCUT2D eigenvalue weighted by Crippen LogP contribution is -2.49. The Labute approximate surface area is 77.9 Å². The Morgan fingerprint density at radius 2 is 2.33 bits per heavy atom. The highest BCUT2D eigenvalue weighted by atomic mass is 32.2. The first-order valence-corrected chi connectivity index (χ1v) is 5.32. The SMILES string of the molecule is COCC(C)(O)CNC1CSC1. The Morgan fingerprint density at radius 1 is 1.67 bits per heavy atom. The molecule has 0 spiro atoms. The maximum Gasteiger partial charge on any atom is 0.0975 e. The van der Waals surface area contributed by atoms with E-state index in [-0.39, 0.29) is 0 Å². The summed E-state index contributed by atoms with van der Waals surface area (Å²) >= 11 is 1.93. The zero-order valence-electron chi connectivity index (χ0n) is 7.67. The molecule has 1 rings (SSSR count). The van der Waals surface area contributed by atoms with Gasteiger partial charge in [0.25, 0.3) is 0 Å². The van der Waals surface area contributed by atoms with Crippen molar-refractivity contribution >= 4 is 11.8 Å². The fourth-order valence-corrected chi connectivity index (χ4v) is 1.79. The smallest absolute Gasteiger partial charge is 0.0975 e. The number of methoxy groups -OCH3 is 1. The zero-order chi connectivity index (χ0) is 9.03. The van der Waals surface area contributed by atoms with Crippen molar-refractivity contribution in [2.24, 2.45) is 0 Å². The number of rotatable bonds is 5. The predicted octanol–water partition coefficient (Wildman–Crippen LogP) is 0.0888. The van der Waals surface area contributed by atoms with E-state index >= 15 is 0 Å². The molecule has 1 fully saturated rings. The third-order valence-corrected chi connectivity index (χ3v) is 3.14. The molecule has 1 saturated heterocycles. The summed E-state index contributed by atoms with van der Waals surface area (Å²) in [5, 5.41) is 13.0. The van der Waals surface area contributed by atoms with Gasteiger partial charge in [0, 0.05) is 31.2 Å². The summed E-state index contributed by atoms with van der Waals surface area (Å²) in [5.41, 5.74) is -0.727. The summed E-state index contributed by atoms with van der Waals surface area (Å²) in [6, 6.07) is 0.596. The van der Waals surface area contributed by atoms with Crippen LogP contribution in [0.1, 0.15) is 6.92 Å². The molecule has 1 aliphatic rings. The van der Waals surface area contributed by atoms with E-state index in [1.807, 2.05) is 11.8 Å². The third-order valence-electron chi connectivity index (χ3n) is 1.86. The van der Waals surface area contributed by atoms with Crippen LogP contribution >= 0.6 is 11.8 Å². The predicted molar refractivity (Wildman–Crippen MR) is 51.6 cm³/mol. The van der Waals surface area contributed by atoms with Gasteiger partial charge in [0.05, 0.1) is 12.2 Å². The second-order valence-electron chi connectivity index (χ2n) is 3.55. The van der Waals surface area contributed by atoms with E-state index in [4.69, 9.17) is 4.74 Å². The standard InChI is InChI=1S/C8H17NO2S/c1-8(10,6-11-2)5-9-7-3-12-4-7/h7,9-10H,3-6H2,1-2H3. The van der Waals surface area contributed by atoms with Crippen molar-refractivity contribution in [3.63, 3.8) is 0 Å². The highest BCUT2D eigenvalue weighted by Crippen LogP contribution is 2.17. The molecule has 1 atom stereocenters. The number of nitrogens with one attached hydrogen (secondary N) is 1. The van der Waals surface area contributed by atoms with Gasteiger partial charge in [-0.25, -0.2) is 0 Å². The second kappa shape index (κ2) is 4.46. The minimum Gasteiger partial charge on any atom is -0.386 e. The zero-order valence-corrected chi connectivity index (χ0v) is 8.49. The number of aliphatic hydroxyl groups is 1. The molecule has 1 unspecified atom stereocenters. The van der Waals surface area contributed by atoms with Gasteiger partial charge in [-0.05, 0) is 6.92 Å². The van der Waals surface area contributed by atoms with Crippen LogP contribution in [0.3, 0.4) is 0 Å². The molecule has 1 heterocycles. The molecule has 72 valence electrons. The lowest BCUT2D eigenvalue weighted by molar-refractivity contribution is -0.0165. The second-order valence-corrected chi connectivity index (χ2v) is 4.62. The molecule has 2 N–H and O–H groups in total. The summed E-state index contributed by atoms with van der Waals surface area (Å²) in [4.78, 5) is 0. The number of hydrogen-bond acceptors (Lipinski definition) is 4. The van der Waals surface area contributed by atoms with Crippen LogP contribution in [-0.2, 0) is 4.74 Å². The number of thioether (sulfide) groups is 1. The van der Waals surface area contributed by atoms with E-state index in [0.29, 0.717) is 19.2 Å². The van der Waals surface area contributed by atoms with Crippen molar-refractivity contribution in [3.8, 4) is 0 Å². The molecule has 0 amide bonds. The highest BCUT2D eigenvalue weighted by Gasteiger charge is 2.24. The van der Waals surface area contributed by atoms with E-state index < -0.39 is 5.60 Å². The van der Waals surface area contributed by atoms with Crippen LogP contribution < -0.4 is 5.32 Å². The molecule has 0 saturated carbocycles. The van der Waals surface area contributed by atoms with Gasteiger partial charge >= 0.3 is 0 Å². The van der Waals surface area contributed by atoms with Crippen molar-refractivity contribution < 1.29 is 9.84 Å². The molecule has 3 nitrogen and oxygen atoms in total. The lowest BCUT2D eigenvalue weighted by Gasteiger charge is -2.30. The molecule has 12 heavy (non-hydrogen) atoms. The molecule has 1 aliphatic heterocycles. The molecule has 0 aromatic carbocycles. The Hall–Kier alpha value is 0.230. The summed E-state index contributed by atoms with van der Waals surface area (Å²) in [7, 11) is 1.60. The topological polar surface area (TPSA) is 41.5 Å². The molecule has 0 aliphatic carbocycles. The average molecular weight is 191 g/mol. The van der Waals surface area contributed by atoms with Gasteiger partial charge in [-0.3, -0.25) is 0 Å². The molecular weight excluding hydrogens is 174 g/mol. The van der Waals surface area contributed by atoms with E-state index in [2.05, 4.69) is 5.32 Å². The minimum atomic E-state index is -0.727. The van der Waals surface area contributed by atoms with Gasteiger partial charge in [-0.2, -0.15) is 11.8 Å². The fourth-order valence-electron chi connectivity index (χ4n) is 1.08. The quantitative estimate of drug-likeness (QED) is 0.646. The van der Waals surface area contributed by atoms with Crippen LogP contribution in [-0.4, -0.2) is 48.5 Å². The summed E-state index contributed by atoms with van der Waals surface area (Å²) in [6.45, 7) is 2.79. The van der Waals surface area contributed by atoms with Gasteiger partial charge in [-0.15, -0.1) is 0 Å². The van der Waals surface area contributed by atoms with Crippen molar-refractivity contribution in [2.75, 3.05) is 31.8 Å². The van der Waals surface area contributed by atoms with Crippen LogP contribution in [0.15, 0.2) is 0 Å². The maximum absolute atomic E-state index is 9.69. The number of ether oxygens (including phenoxy) is 1. The highest BCUT2D eigenvalue weighted by molar-refractivity contribution is 8.00. The van der Waals surface area contributed by atoms with Gasteiger partial charge in [0.15, 0.2) is 0 Å². The Bertz CT molecular complexity index is 137. The van der Waals surface area contributed by atoms with Crippen molar-refractivity contribution in [1.29, 1.82) is 0 Å². The average Bonchev–Trinajstić information content (AvgIpc) is 1.82. The summed E-state index contributed by atoms with van der Waals surface area (Å²) < 4.78 is 4.90. The van der Waals surface area contributed by atoms with Crippen LogP contribution in [0.25, 0.3) is 0 Å². The van der Waals surface area contributed by atoms with Crippen LogP contribution in [0.5, 0.6) is 0 Å². The molecule has 0 aromatic heterocycles. The van der Waals surface area contributed by atoms with Crippen molar-refractivity contribution in [2.45, 2.75) is 18.6 Å². The first kappa shape index (κ1) is 10.3. The van der Waals surface area contributed by atoms with Gasteiger partial charge in [0.1, 0.15) is 0 Å². The third kappa shape index (κ3) is 3.31. The maximum atomic E-state index is 9.69. The monoisotopic (exact) mass is 191 g/mol. The fraction of sp³-hybridized carbons (Fsp3) is 1.00. The normalized spacial score (nSPS) is 23.2. The van der Waals surface area contributed by atoms with E-state index in [0.717, 1.165) is 0 Å². The molecule has 0 bridgehead atoms. The molecule has 0 radical (unpaired) electrons. The Morgan fingerprint density at radius 3 is 2.75 bits per heavy atom. The van der Waals surface area contributed by atoms with Crippen molar-refractivity contribution in [1.82, 2.24) is 5.32 Å². The molecule has 0 aromatic rings. The minimum absolute atomic E-state index is 0.389. The van der Waals surface area contributed by atoms with Crippen molar-refractivity contribution in [3.05, 3.63) is 0 Å². The van der Waals surface area contributed by atoms with Crippen LogP contribution in [0.2, 0.25) is 0 Å². The van der Waals surface area contributed by atoms with E-state index in [9.17, 15) is 5.11 Å². The van der Waals surface area contributed by atoms with Gasteiger partial charge < -0.3 is 15.2 Å². The first-order valence-electron chi connectivity index (χ1n) is 4.16. The Kier molecular flexibility index (Phi) is 3.83. The summed E-state index contributed by atoms with van der Waals surface area (Å²) in [6.07, 6.45) is 0. The van der Waals surface area contributed by atoms with Crippen LogP contribution in [0.4, 0.5) is 0 Å². The molecular formula is C8H17NO2S.